The molecule has 1 aliphatic rings. The van der Waals surface area contributed by atoms with Gasteiger partial charge in [-0.2, -0.15) is 0 Å². The van der Waals surface area contributed by atoms with Gasteiger partial charge in [0, 0.05) is 17.9 Å². The lowest BCUT2D eigenvalue weighted by Crippen LogP contribution is -2.43. The van der Waals surface area contributed by atoms with Crippen molar-refractivity contribution in [2.75, 3.05) is 23.4 Å². The number of urea groups is 1. The molecule has 152 valence electrons. The second-order valence-electron chi connectivity index (χ2n) is 6.58. The minimum absolute atomic E-state index is 0.163. The lowest BCUT2D eigenvalue weighted by Gasteiger charge is -2.17. The number of esters is 1. The molecule has 3 amide bonds. The molecule has 29 heavy (non-hydrogen) atoms. The molecule has 3 rings (SSSR count). The summed E-state index contributed by atoms with van der Waals surface area (Å²) in [6.45, 7) is 2.52. The quantitative estimate of drug-likeness (QED) is 0.732. The summed E-state index contributed by atoms with van der Waals surface area (Å²) >= 11 is 0. The first-order valence-corrected chi connectivity index (χ1v) is 9.35. The van der Waals surface area contributed by atoms with E-state index < -0.39 is 12.1 Å². The Morgan fingerprint density at radius 2 is 1.83 bits per heavy atom. The monoisotopic (exact) mass is 399 g/mol. The van der Waals surface area contributed by atoms with E-state index in [9.17, 15) is 18.8 Å². The van der Waals surface area contributed by atoms with Crippen LogP contribution in [0.5, 0.6) is 0 Å². The second-order valence-corrected chi connectivity index (χ2v) is 6.58. The lowest BCUT2D eigenvalue weighted by molar-refractivity contribution is -0.142. The number of hydrogen-bond acceptors (Lipinski definition) is 4. The van der Waals surface area contributed by atoms with Gasteiger partial charge in [0.1, 0.15) is 11.9 Å². The largest absolute Gasteiger partial charge is 0.466 e. The van der Waals surface area contributed by atoms with Crippen LogP contribution in [-0.2, 0) is 20.7 Å². The van der Waals surface area contributed by atoms with Gasteiger partial charge in [0.25, 0.3) is 0 Å². The molecule has 1 atom stereocenters. The lowest BCUT2D eigenvalue weighted by atomic mass is 10.1. The first-order valence-electron chi connectivity index (χ1n) is 9.35. The molecule has 0 saturated carbocycles. The molecule has 1 aliphatic heterocycles. The molecule has 2 aromatic carbocycles. The van der Waals surface area contributed by atoms with Gasteiger partial charge < -0.3 is 20.3 Å². The molecule has 8 heteroatoms. The van der Waals surface area contributed by atoms with Crippen molar-refractivity contribution in [3.8, 4) is 0 Å². The van der Waals surface area contributed by atoms with E-state index in [0.29, 0.717) is 30.9 Å². The van der Waals surface area contributed by atoms with Crippen LogP contribution in [0.4, 0.5) is 20.6 Å². The topological polar surface area (TPSA) is 87.7 Å². The van der Waals surface area contributed by atoms with E-state index in [2.05, 4.69) is 10.6 Å². The zero-order valence-corrected chi connectivity index (χ0v) is 16.0. The fourth-order valence-electron chi connectivity index (χ4n) is 3.10. The zero-order chi connectivity index (χ0) is 20.8. The summed E-state index contributed by atoms with van der Waals surface area (Å²) in [6, 6.07) is 11.3. The van der Waals surface area contributed by atoms with E-state index in [1.807, 2.05) is 0 Å². The smallest absolute Gasteiger partial charge is 0.319 e. The van der Waals surface area contributed by atoms with Gasteiger partial charge in [-0.25, -0.2) is 9.18 Å². The third-order valence-electron chi connectivity index (χ3n) is 4.51. The van der Waals surface area contributed by atoms with Crippen LogP contribution in [-0.4, -0.2) is 37.1 Å². The zero-order valence-electron chi connectivity index (χ0n) is 16.0. The van der Waals surface area contributed by atoms with Gasteiger partial charge in [0.15, 0.2) is 0 Å². The number of hydrogen-bond donors (Lipinski definition) is 2. The summed E-state index contributed by atoms with van der Waals surface area (Å²) in [7, 11) is 0. The van der Waals surface area contributed by atoms with Crippen LogP contribution in [0.15, 0.2) is 48.5 Å². The van der Waals surface area contributed by atoms with Crippen LogP contribution in [0.2, 0.25) is 0 Å². The number of amides is 3. The Morgan fingerprint density at radius 3 is 2.48 bits per heavy atom. The molecule has 1 heterocycles. The SMILES string of the molecule is CCOC(=O)Cc1ccc(NC(=O)N[C@H]2CCN(c3ccc(F)cc3)C2=O)cc1. The normalized spacial score (nSPS) is 15.9. The Hall–Kier alpha value is -3.42. The van der Waals surface area contributed by atoms with E-state index >= 15 is 0 Å². The highest BCUT2D eigenvalue weighted by Gasteiger charge is 2.33. The second kappa shape index (κ2) is 9.18. The van der Waals surface area contributed by atoms with Gasteiger partial charge in [-0.1, -0.05) is 12.1 Å². The predicted octanol–water partition coefficient (Wildman–Crippen LogP) is 2.86. The molecule has 0 unspecified atom stereocenters. The molecule has 2 N–H and O–H groups in total. The molecule has 0 aliphatic carbocycles. The molecule has 0 bridgehead atoms. The maximum atomic E-state index is 13.1. The predicted molar refractivity (Wildman–Crippen MR) is 106 cm³/mol. The van der Waals surface area contributed by atoms with Crippen LogP contribution in [0.1, 0.15) is 18.9 Å². The van der Waals surface area contributed by atoms with Crippen molar-refractivity contribution in [1.82, 2.24) is 5.32 Å². The van der Waals surface area contributed by atoms with Crippen molar-refractivity contribution in [2.24, 2.45) is 0 Å². The number of benzene rings is 2. The first kappa shape index (κ1) is 20.3. The molecule has 0 aromatic heterocycles. The molecule has 2 aromatic rings. The van der Waals surface area contributed by atoms with Gasteiger partial charge in [0.2, 0.25) is 5.91 Å². The summed E-state index contributed by atoms with van der Waals surface area (Å²) in [5, 5.41) is 5.33. The maximum absolute atomic E-state index is 13.1. The number of ether oxygens (including phenoxy) is 1. The van der Waals surface area contributed by atoms with Crippen LogP contribution >= 0.6 is 0 Å². The highest BCUT2D eigenvalue weighted by molar-refractivity contribution is 6.02. The molecule has 0 radical (unpaired) electrons. The minimum Gasteiger partial charge on any atom is -0.466 e. The van der Waals surface area contributed by atoms with Crippen molar-refractivity contribution in [3.05, 3.63) is 59.9 Å². The number of rotatable bonds is 6. The standard InChI is InChI=1S/C21H22FN3O4/c1-2-29-19(26)13-14-3-7-16(8-4-14)23-21(28)24-18-11-12-25(20(18)27)17-9-5-15(22)6-10-17/h3-10,18H,2,11-13H2,1H3,(H2,23,24,28)/t18-/m0/s1. The first-order chi connectivity index (χ1) is 14.0. The number of carbonyl (C=O) groups excluding carboxylic acids is 3. The van der Waals surface area contributed by atoms with Gasteiger partial charge in [-0.05, 0) is 55.3 Å². The summed E-state index contributed by atoms with van der Waals surface area (Å²) in [6.07, 6.45) is 0.623. The molecule has 1 saturated heterocycles. The average molecular weight is 399 g/mol. The Balaban J connectivity index is 1.52. The van der Waals surface area contributed by atoms with E-state index in [1.54, 1.807) is 31.2 Å². The minimum atomic E-state index is -0.650. The van der Waals surface area contributed by atoms with E-state index in [-0.39, 0.29) is 24.1 Å². The van der Waals surface area contributed by atoms with Crippen molar-refractivity contribution >= 4 is 29.3 Å². The van der Waals surface area contributed by atoms with Crippen LogP contribution in [0, 0.1) is 5.82 Å². The van der Waals surface area contributed by atoms with Gasteiger partial charge in [0.05, 0.1) is 13.0 Å². The summed E-state index contributed by atoms with van der Waals surface area (Å²) in [5.41, 5.74) is 1.91. The molecular formula is C21H22FN3O4. The van der Waals surface area contributed by atoms with Gasteiger partial charge >= 0.3 is 12.0 Å². The van der Waals surface area contributed by atoms with E-state index in [0.717, 1.165) is 5.56 Å². The fourth-order valence-corrected chi connectivity index (χ4v) is 3.10. The molecule has 7 nitrogen and oxygen atoms in total. The Bertz CT molecular complexity index is 884. The van der Waals surface area contributed by atoms with E-state index in [4.69, 9.17) is 4.74 Å². The summed E-state index contributed by atoms with van der Waals surface area (Å²) < 4.78 is 18.0. The van der Waals surface area contributed by atoms with Crippen molar-refractivity contribution in [2.45, 2.75) is 25.8 Å². The molecule has 0 spiro atoms. The van der Waals surface area contributed by atoms with Crippen LogP contribution in [0.25, 0.3) is 0 Å². The maximum Gasteiger partial charge on any atom is 0.319 e. The van der Waals surface area contributed by atoms with Crippen LogP contribution < -0.4 is 15.5 Å². The Morgan fingerprint density at radius 1 is 1.14 bits per heavy atom. The number of nitrogens with one attached hydrogen (secondary N) is 2. The van der Waals surface area contributed by atoms with Gasteiger partial charge in [-0.3, -0.25) is 9.59 Å². The third kappa shape index (κ3) is 5.31. The van der Waals surface area contributed by atoms with E-state index in [1.165, 1.54) is 29.2 Å². The number of carbonyl (C=O) groups is 3. The molecular weight excluding hydrogens is 377 g/mol. The highest BCUT2D eigenvalue weighted by atomic mass is 19.1. The molecule has 1 fully saturated rings. The van der Waals surface area contributed by atoms with Crippen molar-refractivity contribution in [1.29, 1.82) is 0 Å². The third-order valence-corrected chi connectivity index (χ3v) is 4.51. The summed E-state index contributed by atoms with van der Waals surface area (Å²) in [4.78, 5) is 37.8. The number of nitrogens with zero attached hydrogens (tertiary/aromatic N) is 1. The highest BCUT2D eigenvalue weighted by Crippen LogP contribution is 2.22. The van der Waals surface area contributed by atoms with Crippen molar-refractivity contribution < 1.29 is 23.5 Å². The number of anilines is 2. The number of halogens is 1. The Labute approximate surface area is 167 Å². The Kier molecular flexibility index (Phi) is 6.43. The van der Waals surface area contributed by atoms with Gasteiger partial charge in [-0.15, -0.1) is 0 Å². The van der Waals surface area contributed by atoms with Crippen molar-refractivity contribution in [3.63, 3.8) is 0 Å². The van der Waals surface area contributed by atoms with Crippen LogP contribution in [0.3, 0.4) is 0 Å². The average Bonchev–Trinajstić information content (AvgIpc) is 3.04. The summed E-state index contributed by atoms with van der Waals surface area (Å²) in [5.74, 6) is -0.921. The fraction of sp³-hybridized carbons (Fsp3) is 0.286.